The van der Waals surface area contributed by atoms with Gasteiger partial charge >= 0.3 is 6.01 Å². The van der Waals surface area contributed by atoms with Gasteiger partial charge in [-0.3, -0.25) is 4.57 Å². The number of hydrogen-bond acceptors (Lipinski definition) is 6. The molecule has 0 aliphatic carbocycles. The maximum atomic E-state index is 5.64. The van der Waals surface area contributed by atoms with Crippen LogP contribution >= 0.6 is 0 Å². The van der Waals surface area contributed by atoms with E-state index in [4.69, 9.17) is 10.5 Å². The third-order valence-corrected chi connectivity index (χ3v) is 2.58. The number of rotatable bonds is 7. The number of anilines is 1. The normalized spacial score (nSPS) is 10.6. The molecule has 0 saturated heterocycles. The van der Waals surface area contributed by atoms with E-state index >= 15 is 0 Å². The van der Waals surface area contributed by atoms with Crippen molar-refractivity contribution in [3.05, 3.63) is 18.7 Å². The number of imidazole rings is 1. The Morgan fingerprint density at radius 2 is 2.11 bits per heavy atom. The number of nitrogens with two attached hydrogens (primary N) is 1. The second-order valence-electron chi connectivity index (χ2n) is 4.16. The summed E-state index contributed by atoms with van der Waals surface area (Å²) >= 11 is 0. The smallest absolute Gasteiger partial charge is 0.323 e. The predicted octanol–water partition coefficient (Wildman–Crippen LogP) is 1.60. The molecular formula is C12H18N6O. The van der Waals surface area contributed by atoms with Crippen molar-refractivity contribution < 1.29 is 4.74 Å². The highest BCUT2D eigenvalue weighted by Gasteiger charge is 2.06. The van der Waals surface area contributed by atoms with Gasteiger partial charge in [-0.1, -0.05) is 26.2 Å². The molecule has 0 aliphatic rings. The van der Waals surface area contributed by atoms with Crippen LogP contribution in [0.1, 0.15) is 32.6 Å². The van der Waals surface area contributed by atoms with Gasteiger partial charge in [-0.25, -0.2) is 4.98 Å². The van der Waals surface area contributed by atoms with Crippen LogP contribution in [0.5, 0.6) is 6.01 Å². The van der Waals surface area contributed by atoms with Crippen molar-refractivity contribution in [1.29, 1.82) is 0 Å². The Hall–Kier alpha value is -2.18. The molecule has 0 spiro atoms. The second-order valence-corrected chi connectivity index (χ2v) is 4.16. The first-order chi connectivity index (χ1) is 9.29. The summed E-state index contributed by atoms with van der Waals surface area (Å²) in [7, 11) is 0. The molecule has 0 aromatic carbocycles. The van der Waals surface area contributed by atoms with E-state index in [0.29, 0.717) is 12.6 Å². The van der Waals surface area contributed by atoms with E-state index in [9.17, 15) is 0 Å². The lowest BCUT2D eigenvalue weighted by Gasteiger charge is -2.06. The van der Waals surface area contributed by atoms with Gasteiger partial charge in [-0.05, 0) is 6.42 Å². The highest BCUT2D eigenvalue weighted by molar-refractivity contribution is 5.24. The second kappa shape index (κ2) is 6.67. The highest BCUT2D eigenvalue weighted by atomic mass is 16.5. The molecular weight excluding hydrogens is 244 g/mol. The van der Waals surface area contributed by atoms with Crippen LogP contribution < -0.4 is 10.5 Å². The SMILES string of the molecule is CCCCCCOc1nc(N)nc(-n2ccnc2)n1. The van der Waals surface area contributed by atoms with Gasteiger partial charge in [0, 0.05) is 12.4 Å². The van der Waals surface area contributed by atoms with Crippen molar-refractivity contribution in [3.8, 4) is 12.0 Å². The standard InChI is InChI=1S/C12H18N6O/c1-2-3-4-5-8-19-12-16-10(13)15-11(17-12)18-7-6-14-9-18/h6-7,9H,2-5,8H2,1H3,(H2,13,15,16,17). The minimum atomic E-state index is 0.141. The zero-order chi connectivity index (χ0) is 13.5. The van der Waals surface area contributed by atoms with E-state index in [-0.39, 0.29) is 12.0 Å². The van der Waals surface area contributed by atoms with Gasteiger partial charge in [0.25, 0.3) is 0 Å². The van der Waals surface area contributed by atoms with Crippen molar-refractivity contribution in [2.24, 2.45) is 0 Å². The van der Waals surface area contributed by atoms with Gasteiger partial charge < -0.3 is 10.5 Å². The van der Waals surface area contributed by atoms with E-state index in [1.165, 1.54) is 12.8 Å². The zero-order valence-electron chi connectivity index (χ0n) is 11.0. The van der Waals surface area contributed by atoms with Crippen molar-refractivity contribution in [1.82, 2.24) is 24.5 Å². The molecule has 2 rings (SSSR count). The minimum absolute atomic E-state index is 0.141. The van der Waals surface area contributed by atoms with Crippen molar-refractivity contribution in [2.75, 3.05) is 12.3 Å². The number of nitrogen functional groups attached to an aromatic ring is 1. The molecule has 0 amide bonds. The zero-order valence-corrected chi connectivity index (χ0v) is 11.0. The number of hydrogen-bond donors (Lipinski definition) is 1. The summed E-state index contributed by atoms with van der Waals surface area (Å²) in [5, 5.41) is 0. The first-order valence-electron chi connectivity index (χ1n) is 6.42. The summed E-state index contributed by atoms with van der Waals surface area (Å²) in [6.45, 7) is 2.76. The number of unbranched alkanes of at least 4 members (excludes halogenated alkanes) is 3. The molecule has 2 heterocycles. The maximum Gasteiger partial charge on any atom is 0.323 e. The topological polar surface area (TPSA) is 91.7 Å². The predicted molar refractivity (Wildman–Crippen MR) is 71.0 cm³/mol. The van der Waals surface area contributed by atoms with Gasteiger partial charge in [0.1, 0.15) is 6.33 Å². The van der Waals surface area contributed by atoms with Crippen LogP contribution in [0.2, 0.25) is 0 Å². The summed E-state index contributed by atoms with van der Waals surface area (Å²) < 4.78 is 7.15. The lowest BCUT2D eigenvalue weighted by Crippen LogP contribution is -2.09. The molecule has 0 saturated carbocycles. The van der Waals surface area contributed by atoms with E-state index in [1.54, 1.807) is 23.3 Å². The number of aromatic nitrogens is 5. The van der Waals surface area contributed by atoms with E-state index in [2.05, 4.69) is 26.9 Å². The molecule has 0 radical (unpaired) electrons. The first-order valence-corrected chi connectivity index (χ1v) is 6.42. The summed E-state index contributed by atoms with van der Waals surface area (Å²) in [6.07, 6.45) is 9.52. The lowest BCUT2D eigenvalue weighted by molar-refractivity contribution is 0.281. The molecule has 0 aliphatic heterocycles. The monoisotopic (exact) mass is 262 g/mol. The number of nitrogens with zero attached hydrogens (tertiary/aromatic N) is 5. The van der Waals surface area contributed by atoms with Gasteiger partial charge in [-0.15, -0.1) is 0 Å². The Balaban J connectivity index is 1.97. The quantitative estimate of drug-likeness (QED) is 0.762. The Bertz CT molecular complexity index is 499. The summed E-state index contributed by atoms with van der Waals surface area (Å²) in [4.78, 5) is 16.1. The van der Waals surface area contributed by atoms with Crippen LogP contribution in [0.25, 0.3) is 5.95 Å². The molecule has 7 nitrogen and oxygen atoms in total. The van der Waals surface area contributed by atoms with Crippen LogP contribution in [-0.2, 0) is 0 Å². The van der Waals surface area contributed by atoms with E-state index in [0.717, 1.165) is 12.8 Å². The molecule has 0 bridgehead atoms. The first kappa shape index (κ1) is 13.3. The largest absolute Gasteiger partial charge is 0.463 e. The minimum Gasteiger partial charge on any atom is -0.463 e. The molecule has 102 valence electrons. The Labute approximate surface area is 111 Å². The average Bonchev–Trinajstić information content (AvgIpc) is 2.92. The van der Waals surface area contributed by atoms with Gasteiger partial charge in [0.15, 0.2) is 0 Å². The molecule has 0 fully saturated rings. The fraction of sp³-hybridized carbons (Fsp3) is 0.500. The molecule has 7 heteroatoms. The average molecular weight is 262 g/mol. The number of ether oxygens (including phenoxy) is 1. The lowest BCUT2D eigenvalue weighted by atomic mass is 10.2. The van der Waals surface area contributed by atoms with Crippen molar-refractivity contribution in [2.45, 2.75) is 32.6 Å². The van der Waals surface area contributed by atoms with Gasteiger partial charge in [-0.2, -0.15) is 15.0 Å². The molecule has 2 N–H and O–H groups in total. The fourth-order valence-electron chi connectivity index (χ4n) is 1.61. The van der Waals surface area contributed by atoms with Crippen LogP contribution in [0, 0.1) is 0 Å². The van der Waals surface area contributed by atoms with Gasteiger partial charge in [0.2, 0.25) is 11.9 Å². The van der Waals surface area contributed by atoms with Crippen molar-refractivity contribution >= 4 is 5.95 Å². The molecule has 2 aromatic heterocycles. The van der Waals surface area contributed by atoms with Gasteiger partial charge in [0.05, 0.1) is 6.61 Å². The summed E-state index contributed by atoms with van der Waals surface area (Å²) in [5.41, 5.74) is 5.64. The molecule has 0 atom stereocenters. The summed E-state index contributed by atoms with van der Waals surface area (Å²) in [5.74, 6) is 0.552. The summed E-state index contributed by atoms with van der Waals surface area (Å²) in [6, 6.07) is 0.257. The molecule has 2 aromatic rings. The highest BCUT2D eigenvalue weighted by Crippen LogP contribution is 2.09. The van der Waals surface area contributed by atoms with E-state index in [1.807, 2.05) is 0 Å². The third-order valence-electron chi connectivity index (χ3n) is 2.58. The molecule has 0 unspecified atom stereocenters. The Morgan fingerprint density at radius 3 is 2.84 bits per heavy atom. The van der Waals surface area contributed by atoms with E-state index < -0.39 is 0 Å². The van der Waals surface area contributed by atoms with Crippen LogP contribution in [-0.4, -0.2) is 31.1 Å². The molecule has 19 heavy (non-hydrogen) atoms. The van der Waals surface area contributed by atoms with Crippen LogP contribution in [0.3, 0.4) is 0 Å². The van der Waals surface area contributed by atoms with Crippen LogP contribution in [0.4, 0.5) is 5.95 Å². The Morgan fingerprint density at radius 1 is 1.21 bits per heavy atom. The Kier molecular flexibility index (Phi) is 4.66. The van der Waals surface area contributed by atoms with Crippen LogP contribution in [0.15, 0.2) is 18.7 Å². The maximum absolute atomic E-state index is 5.64. The fourth-order valence-corrected chi connectivity index (χ4v) is 1.61. The van der Waals surface area contributed by atoms with Crippen molar-refractivity contribution in [3.63, 3.8) is 0 Å². The third kappa shape index (κ3) is 3.90.